The number of rotatable bonds is 6. The van der Waals surface area contributed by atoms with Crippen molar-refractivity contribution in [1.29, 1.82) is 0 Å². The van der Waals surface area contributed by atoms with E-state index in [0.29, 0.717) is 24.1 Å². The van der Waals surface area contributed by atoms with E-state index in [2.05, 4.69) is 5.10 Å². The van der Waals surface area contributed by atoms with Gasteiger partial charge in [-0.25, -0.2) is 0 Å². The number of carbonyl (C=O) groups excluding carboxylic acids is 1. The number of aryl methyl sites for hydroxylation is 2. The second kappa shape index (κ2) is 6.80. The minimum atomic E-state index is -0.110. The van der Waals surface area contributed by atoms with Crippen LogP contribution in [0.5, 0.6) is 0 Å². The van der Waals surface area contributed by atoms with Crippen LogP contribution in [0.15, 0.2) is 0 Å². The maximum absolute atomic E-state index is 12.0. The Balaban J connectivity index is 2.11. The number of thioether (sulfide) groups is 1. The van der Waals surface area contributed by atoms with Crippen LogP contribution in [0.3, 0.4) is 0 Å². The fourth-order valence-corrected chi connectivity index (χ4v) is 3.85. The summed E-state index contributed by atoms with van der Waals surface area (Å²) in [5, 5.41) is 13.4. The van der Waals surface area contributed by atoms with Crippen molar-refractivity contribution in [2.24, 2.45) is 7.05 Å². The Hall–Kier alpha value is -0.760. The molecule has 0 aliphatic carbocycles. The Bertz CT molecular complexity index is 495. The molecule has 1 atom stereocenters. The third-order valence-corrected chi connectivity index (χ3v) is 4.79. The van der Waals surface area contributed by atoms with E-state index in [1.54, 1.807) is 28.4 Å². The number of nitrogens with zero attached hydrogens (tertiary/aromatic N) is 3. The summed E-state index contributed by atoms with van der Waals surface area (Å²) >= 11 is 7.83. The standard InChI is InChI=1S/C12H18ClN3O3S/c1-8-10(11(13)15(2)14-8)12-16(9(18)7-20-12)3-5-19-6-4-17/h12,17H,3-7H2,1-2H3. The zero-order valence-corrected chi connectivity index (χ0v) is 13.1. The second-order valence-corrected chi connectivity index (χ2v) is 5.93. The van der Waals surface area contributed by atoms with Gasteiger partial charge in [-0.3, -0.25) is 9.48 Å². The Kier molecular flexibility index (Phi) is 5.31. The maximum atomic E-state index is 12.0. The Morgan fingerprint density at radius 3 is 2.90 bits per heavy atom. The maximum Gasteiger partial charge on any atom is 0.233 e. The summed E-state index contributed by atoms with van der Waals surface area (Å²) < 4.78 is 6.86. The molecule has 1 N–H and O–H groups in total. The number of hydrogen-bond donors (Lipinski definition) is 1. The largest absolute Gasteiger partial charge is 0.394 e. The Morgan fingerprint density at radius 2 is 2.30 bits per heavy atom. The molecule has 1 aliphatic heterocycles. The molecule has 1 aromatic rings. The molecule has 0 saturated carbocycles. The highest BCUT2D eigenvalue weighted by Crippen LogP contribution is 2.42. The van der Waals surface area contributed by atoms with E-state index in [-0.39, 0.29) is 24.5 Å². The number of amides is 1. The molecule has 0 aromatic carbocycles. The normalized spacial score (nSPS) is 19.1. The van der Waals surface area contributed by atoms with Crippen LogP contribution in [0.25, 0.3) is 0 Å². The molecule has 1 amide bonds. The molecule has 1 aromatic heterocycles. The van der Waals surface area contributed by atoms with Gasteiger partial charge in [0.25, 0.3) is 0 Å². The van der Waals surface area contributed by atoms with Crippen molar-refractivity contribution in [3.63, 3.8) is 0 Å². The van der Waals surface area contributed by atoms with Gasteiger partial charge in [-0.2, -0.15) is 5.10 Å². The van der Waals surface area contributed by atoms with Crippen LogP contribution in [0.4, 0.5) is 0 Å². The average molecular weight is 320 g/mol. The third-order valence-electron chi connectivity index (χ3n) is 3.12. The van der Waals surface area contributed by atoms with Crippen LogP contribution in [-0.4, -0.2) is 57.8 Å². The fourth-order valence-electron chi connectivity index (χ4n) is 2.19. The molecule has 0 bridgehead atoms. The lowest BCUT2D eigenvalue weighted by atomic mass is 10.2. The summed E-state index contributed by atoms with van der Waals surface area (Å²) in [5.41, 5.74) is 1.73. The van der Waals surface area contributed by atoms with E-state index >= 15 is 0 Å². The third kappa shape index (κ3) is 3.11. The number of aliphatic hydroxyl groups is 1. The number of ether oxygens (including phenoxy) is 1. The van der Waals surface area contributed by atoms with Gasteiger partial charge in [-0.1, -0.05) is 11.6 Å². The quantitative estimate of drug-likeness (QED) is 0.791. The highest BCUT2D eigenvalue weighted by Gasteiger charge is 2.36. The van der Waals surface area contributed by atoms with E-state index < -0.39 is 0 Å². The molecule has 2 rings (SSSR count). The fraction of sp³-hybridized carbons (Fsp3) is 0.667. The highest BCUT2D eigenvalue weighted by molar-refractivity contribution is 8.00. The minimum absolute atomic E-state index is 0.0142. The predicted octanol–water partition coefficient (Wildman–Crippen LogP) is 0.965. The SMILES string of the molecule is Cc1nn(C)c(Cl)c1C1SCC(=O)N1CCOCCO. The molecular formula is C12H18ClN3O3S. The summed E-state index contributed by atoms with van der Waals surface area (Å²) in [7, 11) is 1.79. The monoisotopic (exact) mass is 319 g/mol. The van der Waals surface area contributed by atoms with Gasteiger partial charge in [0.05, 0.1) is 31.3 Å². The van der Waals surface area contributed by atoms with E-state index in [9.17, 15) is 4.79 Å². The van der Waals surface area contributed by atoms with Crippen molar-refractivity contribution in [3.8, 4) is 0 Å². The smallest absolute Gasteiger partial charge is 0.233 e. The first-order chi connectivity index (χ1) is 9.56. The van der Waals surface area contributed by atoms with Crippen LogP contribution >= 0.6 is 23.4 Å². The average Bonchev–Trinajstić information content (AvgIpc) is 2.87. The molecule has 0 spiro atoms. The number of carbonyl (C=O) groups is 1. The summed E-state index contributed by atoms with van der Waals surface area (Å²) in [6.45, 7) is 3.05. The lowest BCUT2D eigenvalue weighted by molar-refractivity contribution is -0.128. The topological polar surface area (TPSA) is 67.6 Å². The van der Waals surface area contributed by atoms with Crippen molar-refractivity contribution in [3.05, 3.63) is 16.4 Å². The van der Waals surface area contributed by atoms with Gasteiger partial charge in [-0.05, 0) is 6.92 Å². The molecule has 1 saturated heterocycles. The number of halogens is 1. The van der Waals surface area contributed by atoms with Crippen molar-refractivity contribution >= 4 is 29.3 Å². The van der Waals surface area contributed by atoms with E-state index in [1.165, 1.54) is 0 Å². The lowest BCUT2D eigenvalue weighted by Gasteiger charge is -2.24. The van der Waals surface area contributed by atoms with Crippen LogP contribution in [0.2, 0.25) is 5.15 Å². The molecule has 1 unspecified atom stereocenters. The zero-order chi connectivity index (χ0) is 14.7. The molecular weight excluding hydrogens is 302 g/mol. The number of hydrogen-bond acceptors (Lipinski definition) is 5. The number of aromatic nitrogens is 2. The van der Waals surface area contributed by atoms with Gasteiger partial charge in [-0.15, -0.1) is 11.8 Å². The minimum Gasteiger partial charge on any atom is -0.394 e. The molecule has 1 aliphatic rings. The second-order valence-electron chi connectivity index (χ2n) is 4.50. The molecule has 20 heavy (non-hydrogen) atoms. The summed E-state index contributed by atoms with van der Waals surface area (Å²) in [5.74, 6) is 0.516. The van der Waals surface area contributed by atoms with E-state index in [1.807, 2.05) is 6.92 Å². The molecule has 0 radical (unpaired) electrons. The van der Waals surface area contributed by atoms with Gasteiger partial charge >= 0.3 is 0 Å². The highest BCUT2D eigenvalue weighted by atomic mass is 35.5. The van der Waals surface area contributed by atoms with Gasteiger partial charge in [0.2, 0.25) is 5.91 Å². The van der Waals surface area contributed by atoms with E-state index in [0.717, 1.165) is 11.3 Å². The Morgan fingerprint density at radius 1 is 1.55 bits per heavy atom. The van der Waals surface area contributed by atoms with Crippen molar-refractivity contribution < 1.29 is 14.6 Å². The van der Waals surface area contributed by atoms with Crippen molar-refractivity contribution in [1.82, 2.24) is 14.7 Å². The van der Waals surface area contributed by atoms with E-state index in [4.69, 9.17) is 21.4 Å². The number of aliphatic hydroxyl groups excluding tert-OH is 1. The first-order valence-electron chi connectivity index (χ1n) is 6.35. The van der Waals surface area contributed by atoms with Crippen LogP contribution in [-0.2, 0) is 16.6 Å². The molecule has 2 heterocycles. The predicted molar refractivity (Wildman–Crippen MR) is 77.8 cm³/mol. The summed E-state index contributed by atoms with van der Waals surface area (Å²) in [6.07, 6.45) is 0. The summed E-state index contributed by atoms with van der Waals surface area (Å²) in [6, 6.07) is 0. The first-order valence-corrected chi connectivity index (χ1v) is 7.77. The molecule has 6 nitrogen and oxygen atoms in total. The van der Waals surface area contributed by atoms with Gasteiger partial charge in [0.1, 0.15) is 10.5 Å². The zero-order valence-electron chi connectivity index (χ0n) is 11.5. The van der Waals surface area contributed by atoms with Crippen molar-refractivity contribution in [2.75, 3.05) is 32.1 Å². The van der Waals surface area contributed by atoms with Crippen LogP contribution < -0.4 is 0 Å². The molecule has 112 valence electrons. The molecule has 1 fully saturated rings. The van der Waals surface area contributed by atoms with Crippen LogP contribution in [0, 0.1) is 6.92 Å². The van der Waals surface area contributed by atoms with Gasteiger partial charge < -0.3 is 14.7 Å². The summed E-state index contributed by atoms with van der Waals surface area (Å²) in [4.78, 5) is 13.7. The first kappa shape index (κ1) is 15.6. The van der Waals surface area contributed by atoms with Gasteiger partial charge in [0, 0.05) is 19.2 Å². The Labute approximate surface area is 127 Å². The molecule has 8 heteroatoms. The van der Waals surface area contributed by atoms with Crippen LogP contribution in [0.1, 0.15) is 16.6 Å². The van der Waals surface area contributed by atoms with Gasteiger partial charge in [0.15, 0.2) is 0 Å². The van der Waals surface area contributed by atoms with Crippen molar-refractivity contribution in [2.45, 2.75) is 12.3 Å². The lowest BCUT2D eigenvalue weighted by Crippen LogP contribution is -2.32.